The lowest BCUT2D eigenvalue weighted by Gasteiger charge is -2.19. The van der Waals surface area contributed by atoms with Crippen LogP contribution in [0.5, 0.6) is 0 Å². The molecule has 2 atom stereocenters. The molecule has 5 heteroatoms. The summed E-state index contributed by atoms with van der Waals surface area (Å²) < 4.78 is 26.8. The summed E-state index contributed by atoms with van der Waals surface area (Å²) in [5.41, 5.74) is 6.21. The highest BCUT2D eigenvalue weighted by molar-refractivity contribution is 5.22. The summed E-state index contributed by atoms with van der Waals surface area (Å²) in [6, 6.07) is 3.65. The number of aliphatic hydroxyl groups excluding tert-OH is 1. The zero-order chi connectivity index (χ0) is 14.5. The highest BCUT2D eigenvalue weighted by Gasteiger charge is 2.23. The summed E-state index contributed by atoms with van der Waals surface area (Å²) in [5.74, 6) is -1.14. The van der Waals surface area contributed by atoms with Crippen LogP contribution in [0.25, 0.3) is 0 Å². The van der Waals surface area contributed by atoms with Gasteiger partial charge in [-0.3, -0.25) is 0 Å². The van der Waals surface area contributed by atoms with Crippen molar-refractivity contribution in [1.29, 1.82) is 0 Å². The van der Waals surface area contributed by atoms with Crippen LogP contribution in [0.1, 0.15) is 30.9 Å². The molecule has 0 spiro atoms. The van der Waals surface area contributed by atoms with Crippen LogP contribution in [0.15, 0.2) is 18.2 Å². The second-order valence-electron chi connectivity index (χ2n) is 5.51. The molecule has 1 aliphatic heterocycles. The second-order valence-corrected chi connectivity index (χ2v) is 5.51. The molecule has 1 fully saturated rings. The van der Waals surface area contributed by atoms with Gasteiger partial charge in [0.15, 0.2) is 11.6 Å². The number of likely N-dealkylation sites (tertiary alicyclic amines) is 1. The molecule has 0 saturated carbocycles. The molecule has 3 nitrogen and oxygen atoms in total. The fourth-order valence-corrected chi connectivity index (χ4v) is 2.82. The molecule has 0 bridgehead atoms. The molecule has 1 saturated heterocycles. The second kappa shape index (κ2) is 7.11. The molecular formula is C15H22F2N2O. The van der Waals surface area contributed by atoms with E-state index in [1.165, 1.54) is 6.07 Å². The Labute approximate surface area is 118 Å². The average Bonchev–Trinajstić information content (AvgIpc) is 2.87. The zero-order valence-electron chi connectivity index (χ0n) is 11.6. The lowest BCUT2D eigenvalue weighted by Crippen LogP contribution is -2.26. The molecule has 3 N–H and O–H groups in total. The maximum Gasteiger partial charge on any atom is 0.163 e. The molecule has 1 aromatic rings. The normalized spacial score (nSPS) is 21.3. The molecule has 0 amide bonds. The first-order valence-electron chi connectivity index (χ1n) is 7.14. The third kappa shape index (κ3) is 3.75. The van der Waals surface area contributed by atoms with Crippen LogP contribution in [0.4, 0.5) is 8.78 Å². The van der Waals surface area contributed by atoms with E-state index in [4.69, 9.17) is 10.8 Å². The van der Waals surface area contributed by atoms with E-state index >= 15 is 0 Å². The summed E-state index contributed by atoms with van der Waals surface area (Å²) in [5, 5.41) is 8.92. The average molecular weight is 284 g/mol. The maximum absolute atomic E-state index is 13.6. The van der Waals surface area contributed by atoms with E-state index in [0.717, 1.165) is 38.5 Å². The van der Waals surface area contributed by atoms with Crippen molar-refractivity contribution in [3.05, 3.63) is 35.4 Å². The van der Waals surface area contributed by atoms with Crippen molar-refractivity contribution < 1.29 is 13.9 Å². The van der Waals surface area contributed by atoms with Crippen LogP contribution >= 0.6 is 0 Å². The van der Waals surface area contributed by atoms with Crippen LogP contribution in [0, 0.1) is 17.6 Å². The van der Waals surface area contributed by atoms with Crippen molar-refractivity contribution in [1.82, 2.24) is 4.90 Å². The van der Waals surface area contributed by atoms with Crippen molar-refractivity contribution in [2.75, 3.05) is 26.2 Å². The Hall–Kier alpha value is -1.04. The minimum Gasteiger partial charge on any atom is -0.396 e. The van der Waals surface area contributed by atoms with Gasteiger partial charge >= 0.3 is 0 Å². The van der Waals surface area contributed by atoms with Crippen LogP contribution in [-0.4, -0.2) is 36.2 Å². The number of hydrogen-bond acceptors (Lipinski definition) is 3. The van der Waals surface area contributed by atoms with E-state index in [-0.39, 0.29) is 12.2 Å². The van der Waals surface area contributed by atoms with E-state index in [1.54, 1.807) is 6.07 Å². The monoisotopic (exact) mass is 284 g/mol. The quantitative estimate of drug-likeness (QED) is 0.840. The Morgan fingerprint density at radius 1 is 1.40 bits per heavy atom. The van der Waals surface area contributed by atoms with E-state index in [9.17, 15) is 8.78 Å². The highest BCUT2D eigenvalue weighted by Crippen LogP contribution is 2.23. The number of nitrogens with zero attached hydrogens (tertiary/aromatic N) is 1. The number of aliphatic hydroxyl groups is 1. The largest absolute Gasteiger partial charge is 0.396 e. The van der Waals surface area contributed by atoms with Gasteiger partial charge in [-0.25, -0.2) is 8.78 Å². The zero-order valence-corrected chi connectivity index (χ0v) is 11.6. The number of halogens is 2. The Balaban J connectivity index is 1.84. The van der Waals surface area contributed by atoms with Crippen molar-refractivity contribution >= 4 is 0 Å². The van der Waals surface area contributed by atoms with Gasteiger partial charge in [0.05, 0.1) is 0 Å². The smallest absolute Gasteiger partial charge is 0.163 e. The van der Waals surface area contributed by atoms with Crippen molar-refractivity contribution in [3.63, 3.8) is 0 Å². The number of hydrogen-bond donors (Lipinski definition) is 2. The molecule has 1 aliphatic rings. The van der Waals surface area contributed by atoms with Gasteiger partial charge in [0.25, 0.3) is 0 Å². The van der Waals surface area contributed by atoms with E-state index in [1.807, 2.05) is 0 Å². The van der Waals surface area contributed by atoms with Gasteiger partial charge in [-0.15, -0.1) is 0 Å². The molecule has 112 valence electrons. The molecule has 0 radical (unpaired) electrons. The molecule has 1 heterocycles. The molecule has 20 heavy (non-hydrogen) atoms. The SMILES string of the molecule is NC(CCN1CCC(CCO)C1)c1cccc(F)c1F. The van der Waals surface area contributed by atoms with Crippen molar-refractivity contribution in [2.45, 2.75) is 25.3 Å². The fourth-order valence-electron chi connectivity index (χ4n) is 2.82. The standard InChI is InChI=1S/C15H22F2N2O/c16-13-3-1-2-12(15(13)17)14(18)5-8-19-7-4-11(10-19)6-9-20/h1-3,11,14,20H,4-10,18H2. The fraction of sp³-hybridized carbons (Fsp3) is 0.600. The van der Waals surface area contributed by atoms with Gasteiger partial charge in [-0.2, -0.15) is 0 Å². The third-order valence-electron chi connectivity index (χ3n) is 4.04. The minimum absolute atomic E-state index is 0.229. The van der Waals surface area contributed by atoms with Gasteiger partial charge in [-0.1, -0.05) is 12.1 Å². The lowest BCUT2D eigenvalue weighted by atomic mass is 10.0. The summed E-state index contributed by atoms with van der Waals surface area (Å²) in [6.07, 6.45) is 2.53. The first-order chi connectivity index (χ1) is 9.61. The van der Waals surface area contributed by atoms with Gasteiger partial charge in [0.1, 0.15) is 0 Å². The highest BCUT2D eigenvalue weighted by atomic mass is 19.2. The van der Waals surface area contributed by atoms with Gasteiger partial charge in [-0.05, 0) is 44.3 Å². The minimum atomic E-state index is -0.845. The molecule has 2 unspecified atom stereocenters. The molecular weight excluding hydrogens is 262 g/mol. The van der Waals surface area contributed by atoms with Crippen molar-refractivity contribution in [2.24, 2.45) is 11.7 Å². The molecule has 2 rings (SSSR count). The first-order valence-corrected chi connectivity index (χ1v) is 7.14. The third-order valence-corrected chi connectivity index (χ3v) is 4.04. The van der Waals surface area contributed by atoms with Crippen LogP contribution < -0.4 is 5.73 Å². The molecule has 0 aliphatic carbocycles. The van der Waals surface area contributed by atoms with Crippen molar-refractivity contribution in [3.8, 4) is 0 Å². The predicted octanol–water partition coefficient (Wildman–Crippen LogP) is 2.06. The van der Waals surface area contributed by atoms with Crippen LogP contribution in [-0.2, 0) is 0 Å². The van der Waals surface area contributed by atoms with Gasteiger partial charge in [0, 0.05) is 24.8 Å². The Kier molecular flexibility index (Phi) is 5.46. The summed E-state index contributed by atoms with van der Waals surface area (Å²) in [6.45, 7) is 2.95. The Bertz CT molecular complexity index is 442. The topological polar surface area (TPSA) is 49.5 Å². The predicted molar refractivity (Wildman–Crippen MR) is 74.2 cm³/mol. The summed E-state index contributed by atoms with van der Waals surface area (Å²) >= 11 is 0. The summed E-state index contributed by atoms with van der Waals surface area (Å²) in [4.78, 5) is 2.28. The van der Waals surface area contributed by atoms with Crippen LogP contribution in [0.3, 0.4) is 0 Å². The molecule has 1 aromatic carbocycles. The summed E-state index contributed by atoms with van der Waals surface area (Å²) in [7, 11) is 0. The van der Waals surface area contributed by atoms with E-state index in [0.29, 0.717) is 12.3 Å². The number of nitrogens with two attached hydrogens (primary N) is 1. The Morgan fingerprint density at radius 3 is 2.95 bits per heavy atom. The van der Waals surface area contributed by atoms with Gasteiger partial charge in [0.2, 0.25) is 0 Å². The van der Waals surface area contributed by atoms with E-state index in [2.05, 4.69) is 4.90 Å². The maximum atomic E-state index is 13.6. The number of rotatable bonds is 6. The Morgan fingerprint density at radius 2 is 2.20 bits per heavy atom. The molecule has 0 aromatic heterocycles. The number of benzene rings is 1. The van der Waals surface area contributed by atoms with Gasteiger partial charge < -0.3 is 15.7 Å². The van der Waals surface area contributed by atoms with E-state index < -0.39 is 17.7 Å². The lowest BCUT2D eigenvalue weighted by molar-refractivity contribution is 0.249. The first kappa shape index (κ1) is 15.4. The van der Waals surface area contributed by atoms with Crippen LogP contribution in [0.2, 0.25) is 0 Å².